The molecule has 2 rings (SSSR count). The van der Waals surface area contributed by atoms with Gasteiger partial charge in [-0.3, -0.25) is 4.79 Å². The molecule has 3 nitrogen and oxygen atoms in total. The van der Waals surface area contributed by atoms with E-state index in [1.54, 1.807) is 11.3 Å². The number of thiophene rings is 1. The minimum atomic E-state index is 0. The molecule has 1 unspecified atom stereocenters. The summed E-state index contributed by atoms with van der Waals surface area (Å²) in [5.41, 5.74) is 0. The number of piperidine rings is 1. The van der Waals surface area contributed by atoms with Gasteiger partial charge in [0.05, 0.1) is 0 Å². The predicted octanol–water partition coefficient (Wildman–Crippen LogP) is 2.98. The first-order valence-electron chi connectivity index (χ1n) is 6.44. The monoisotopic (exact) mass is 366 g/mol. The molecule has 1 atom stereocenters. The highest BCUT2D eigenvalue weighted by molar-refractivity contribution is 9.10. The van der Waals surface area contributed by atoms with Gasteiger partial charge < -0.3 is 10.6 Å². The van der Waals surface area contributed by atoms with Crippen molar-refractivity contribution in [1.82, 2.24) is 10.6 Å². The van der Waals surface area contributed by atoms with Crippen LogP contribution in [0.5, 0.6) is 0 Å². The zero-order chi connectivity index (χ0) is 12.8. The van der Waals surface area contributed by atoms with E-state index in [9.17, 15) is 4.79 Å². The lowest BCUT2D eigenvalue weighted by atomic mass is 10.00. The smallest absolute Gasteiger partial charge is 0.220 e. The lowest BCUT2D eigenvalue weighted by Crippen LogP contribution is -2.38. The molecule has 1 saturated heterocycles. The molecule has 1 amide bonds. The highest BCUT2D eigenvalue weighted by atomic mass is 79.9. The number of amides is 1. The van der Waals surface area contributed by atoms with E-state index in [1.807, 2.05) is 0 Å². The Morgan fingerprint density at radius 2 is 2.42 bits per heavy atom. The van der Waals surface area contributed by atoms with Crippen molar-refractivity contribution in [2.45, 2.75) is 25.7 Å². The molecule has 0 saturated carbocycles. The molecule has 1 aromatic rings. The molecule has 0 bridgehead atoms. The number of halogens is 2. The maximum atomic E-state index is 11.7. The summed E-state index contributed by atoms with van der Waals surface area (Å²) in [4.78, 5) is 13.0. The molecule has 6 heteroatoms. The van der Waals surface area contributed by atoms with E-state index in [-0.39, 0.29) is 18.3 Å². The molecule has 1 aliphatic rings. The molecule has 1 aromatic heterocycles. The third-order valence-electron chi connectivity index (χ3n) is 3.21. The maximum absolute atomic E-state index is 11.7. The highest BCUT2D eigenvalue weighted by Gasteiger charge is 2.13. The summed E-state index contributed by atoms with van der Waals surface area (Å²) in [6.45, 7) is 2.98. The van der Waals surface area contributed by atoms with Gasteiger partial charge in [0.1, 0.15) is 0 Å². The number of hydrogen-bond acceptors (Lipinski definition) is 3. The lowest BCUT2D eigenvalue weighted by Gasteiger charge is -2.22. The van der Waals surface area contributed by atoms with Crippen LogP contribution < -0.4 is 10.6 Å². The van der Waals surface area contributed by atoms with Crippen LogP contribution in [0.4, 0.5) is 0 Å². The Kier molecular flexibility index (Phi) is 7.99. The van der Waals surface area contributed by atoms with Crippen molar-refractivity contribution in [3.63, 3.8) is 0 Å². The maximum Gasteiger partial charge on any atom is 0.220 e. The van der Waals surface area contributed by atoms with Gasteiger partial charge in [0.2, 0.25) is 5.91 Å². The molecule has 0 spiro atoms. The zero-order valence-electron chi connectivity index (χ0n) is 10.8. The lowest BCUT2D eigenvalue weighted by molar-refractivity contribution is -0.121. The molecule has 108 valence electrons. The van der Waals surface area contributed by atoms with Crippen molar-refractivity contribution >= 4 is 45.6 Å². The van der Waals surface area contributed by atoms with Gasteiger partial charge >= 0.3 is 0 Å². The quantitative estimate of drug-likeness (QED) is 0.840. The molecular formula is C13H20BrClN2OS. The second-order valence-electron chi connectivity index (χ2n) is 4.75. The fourth-order valence-electron chi connectivity index (χ4n) is 2.17. The Labute approximate surface area is 133 Å². The largest absolute Gasteiger partial charge is 0.356 e. The van der Waals surface area contributed by atoms with Crippen LogP contribution in [0.15, 0.2) is 15.9 Å². The minimum absolute atomic E-state index is 0. The van der Waals surface area contributed by atoms with Crippen molar-refractivity contribution in [3.8, 4) is 0 Å². The summed E-state index contributed by atoms with van der Waals surface area (Å²) in [6, 6.07) is 2.09. The first kappa shape index (κ1) is 17.0. The number of rotatable bonds is 5. The standard InChI is InChI=1S/C13H19BrN2OS.ClH/c14-11-6-12(18-9-11)3-4-13(17)16-8-10-2-1-5-15-7-10;/h6,9-10,15H,1-5,7-8H2,(H,16,17);1H. The van der Waals surface area contributed by atoms with Crippen LogP contribution in [0.3, 0.4) is 0 Å². The van der Waals surface area contributed by atoms with Crippen LogP contribution in [0, 0.1) is 5.92 Å². The summed E-state index contributed by atoms with van der Waals surface area (Å²) in [5.74, 6) is 0.781. The summed E-state index contributed by atoms with van der Waals surface area (Å²) < 4.78 is 1.11. The van der Waals surface area contributed by atoms with Crippen molar-refractivity contribution in [1.29, 1.82) is 0 Å². The van der Waals surface area contributed by atoms with Crippen LogP contribution in [0.25, 0.3) is 0 Å². The molecule has 19 heavy (non-hydrogen) atoms. The van der Waals surface area contributed by atoms with E-state index in [1.165, 1.54) is 17.7 Å². The average molecular weight is 368 g/mol. The van der Waals surface area contributed by atoms with Crippen molar-refractivity contribution in [2.75, 3.05) is 19.6 Å². The Morgan fingerprint density at radius 1 is 1.58 bits per heavy atom. The fourth-order valence-corrected chi connectivity index (χ4v) is 3.62. The van der Waals surface area contributed by atoms with E-state index in [0.717, 1.165) is 30.5 Å². The Bertz CT molecular complexity index is 394. The number of carbonyl (C=O) groups excluding carboxylic acids is 1. The summed E-state index contributed by atoms with van der Waals surface area (Å²) in [7, 11) is 0. The zero-order valence-corrected chi connectivity index (χ0v) is 14.0. The van der Waals surface area contributed by atoms with Crippen LogP contribution in [0.2, 0.25) is 0 Å². The minimum Gasteiger partial charge on any atom is -0.356 e. The molecule has 1 aliphatic heterocycles. The number of carbonyl (C=O) groups is 1. The predicted molar refractivity (Wildman–Crippen MR) is 86.2 cm³/mol. The van der Waals surface area contributed by atoms with Crippen LogP contribution in [0.1, 0.15) is 24.1 Å². The van der Waals surface area contributed by atoms with Crippen LogP contribution in [-0.2, 0) is 11.2 Å². The SMILES string of the molecule is Cl.O=C(CCc1cc(Br)cs1)NCC1CCCNC1. The highest BCUT2D eigenvalue weighted by Crippen LogP contribution is 2.20. The Hall–Kier alpha value is -0.100. The van der Waals surface area contributed by atoms with E-state index >= 15 is 0 Å². The second kappa shape index (κ2) is 8.95. The summed E-state index contributed by atoms with van der Waals surface area (Å²) in [6.07, 6.45) is 3.88. The van der Waals surface area contributed by atoms with Crippen molar-refractivity contribution < 1.29 is 4.79 Å². The van der Waals surface area contributed by atoms with Gasteiger partial charge in [-0.1, -0.05) is 0 Å². The van der Waals surface area contributed by atoms with Crippen molar-refractivity contribution in [3.05, 3.63) is 20.8 Å². The van der Waals surface area contributed by atoms with Gasteiger partial charge in [-0.05, 0) is 60.3 Å². The van der Waals surface area contributed by atoms with Crippen LogP contribution in [-0.4, -0.2) is 25.5 Å². The van der Waals surface area contributed by atoms with Gasteiger partial charge in [0, 0.05) is 27.7 Å². The first-order chi connectivity index (χ1) is 8.74. The van der Waals surface area contributed by atoms with Gasteiger partial charge in [-0.15, -0.1) is 23.7 Å². The summed E-state index contributed by atoms with van der Waals surface area (Å²) >= 11 is 5.13. The molecule has 1 fully saturated rings. The average Bonchev–Trinajstić information content (AvgIpc) is 2.81. The van der Waals surface area contributed by atoms with Gasteiger partial charge in [0.15, 0.2) is 0 Å². The van der Waals surface area contributed by atoms with Gasteiger partial charge in [-0.25, -0.2) is 0 Å². The molecule has 0 aromatic carbocycles. The molecular weight excluding hydrogens is 348 g/mol. The summed E-state index contributed by atoms with van der Waals surface area (Å²) in [5, 5.41) is 8.46. The van der Waals surface area contributed by atoms with Gasteiger partial charge in [-0.2, -0.15) is 0 Å². The topological polar surface area (TPSA) is 41.1 Å². The van der Waals surface area contributed by atoms with Gasteiger partial charge in [0.25, 0.3) is 0 Å². The van der Waals surface area contributed by atoms with E-state index in [2.05, 4.69) is 38.0 Å². The molecule has 0 aliphatic carbocycles. The fraction of sp³-hybridized carbons (Fsp3) is 0.615. The number of hydrogen-bond donors (Lipinski definition) is 2. The number of nitrogens with one attached hydrogen (secondary N) is 2. The van der Waals surface area contributed by atoms with E-state index in [4.69, 9.17) is 0 Å². The Balaban J connectivity index is 0.00000180. The molecule has 0 radical (unpaired) electrons. The normalized spacial score (nSPS) is 18.7. The third kappa shape index (κ3) is 6.25. The second-order valence-corrected chi connectivity index (χ2v) is 6.66. The number of aryl methyl sites for hydroxylation is 1. The van der Waals surface area contributed by atoms with E-state index in [0.29, 0.717) is 12.3 Å². The van der Waals surface area contributed by atoms with Crippen LogP contribution >= 0.6 is 39.7 Å². The van der Waals surface area contributed by atoms with E-state index < -0.39 is 0 Å². The Morgan fingerprint density at radius 3 is 3.05 bits per heavy atom. The van der Waals surface area contributed by atoms with Crippen molar-refractivity contribution in [2.24, 2.45) is 5.92 Å². The molecule has 2 N–H and O–H groups in total. The molecule has 2 heterocycles. The first-order valence-corrected chi connectivity index (χ1v) is 8.11. The third-order valence-corrected chi connectivity index (χ3v) is 4.96.